The Labute approximate surface area is 210 Å². The molecule has 13 heteroatoms. The van der Waals surface area contributed by atoms with E-state index in [2.05, 4.69) is 20.2 Å². The molecule has 2 N–H and O–H groups in total. The van der Waals surface area contributed by atoms with Crippen molar-refractivity contribution < 1.29 is 27.5 Å². The molecule has 3 aromatic rings. The van der Waals surface area contributed by atoms with Crippen molar-refractivity contribution in [1.29, 1.82) is 0 Å². The Kier molecular flexibility index (Phi) is 7.31. The number of thioether (sulfide) groups is 1. The molecule has 0 aliphatic carbocycles. The third kappa shape index (κ3) is 5.87. The Bertz CT molecular complexity index is 1430. The topological polar surface area (TPSA) is 148 Å². The molecule has 2 aromatic carbocycles. The van der Waals surface area contributed by atoms with E-state index in [0.29, 0.717) is 0 Å². The van der Waals surface area contributed by atoms with Crippen LogP contribution in [0.3, 0.4) is 0 Å². The number of anilines is 2. The highest BCUT2D eigenvalue weighted by atomic mass is 32.2. The first-order chi connectivity index (χ1) is 17.2. The second kappa shape index (κ2) is 10.6. The molecule has 0 bridgehead atoms. The van der Waals surface area contributed by atoms with Crippen molar-refractivity contribution >= 4 is 56.4 Å². The Hall–Kier alpha value is -4.23. The SMILES string of the molecule is COc1ccc(NS(=O)(=O)c2ccc(NC(=O)CN3C(=O)SC(=Cc4ccccc4)C3=O)cc2)nn1. The summed E-state index contributed by atoms with van der Waals surface area (Å²) in [5.41, 5.74) is 1.05. The predicted molar refractivity (Wildman–Crippen MR) is 134 cm³/mol. The Balaban J connectivity index is 1.37. The minimum absolute atomic E-state index is 0.00619. The van der Waals surface area contributed by atoms with Gasteiger partial charge in [0.05, 0.1) is 16.9 Å². The quantitative estimate of drug-likeness (QED) is 0.424. The van der Waals surface area contributed by atoms with E-state index in [0.717, 1.165) is 22.2 Å². The number of sulfonamides is 1. The number of hydrogen-bond donors (Lipinski definition) is 2. The molecule has 0 unspecified atom stereocenters. The molecule has 11 nitrogen and oxygen atoms in total. The van der Waals surface area contributed by atoms with Crippen molar-refractivity contribution in [3.8, 4) is 5.88 Å². The summed E-state index contributed by atoms with van der Waals surface area (Å²) in [6, 6.07) is 17.2. The molecule has 0 saturated carbocycles. The maximum Gasteiger partial charge on any atom is 0.294 e. The standard InChI is InChI=1S/C23H19N5O6S2/c1-34-21-12-11-19(25-26-21)27-36(32,33)17-9-7-16(8-10-17)24-20(29)14-28-22(30)18(35-23(28)31)13-15-5-3-2-4-6-15/h2-13H,14H2,1H3,(H,24,29)(H,25,27). The van der Waals surface area contributed by atoms with E-state index in [1.165, 1.54) is 43.5 Å². The van der Waals surface area contributed by atoms with Crippen LogP contribution in [0.4, 0.5) is 16.3 Å². The third-order valence-electron chi connectivity index (χ3n) is 4.81. The summed E-state index contributed by atoms with van der Waals surface area (Å²) in [6.07, 6.45) is 1.59. The van der Waals surface area contributed by atoms with Crippen molar-refractivity contribution in [3.05, 3.63) is 77.2 Å². The molecule has 3 amide bonds. The summed E-state index contributed by atoms with van der Waals surface area (Å²) < 4.78 is 32.3. The minimum atomic E-state index is -3.96. The van der Waals surface area contributed by atoms with Gasteiger partial charge in [0.2, 0.25) is 11.8 Å². The van der Waals surface area contributed by atoms with Crippen molar-refractivity contribution in [3.63, 3.8) is 0 Å². The number of methoxy groups -OCH3 is 1. The first-order valence-electron chi connectivity index (χ1n) is 10.4. The van der Waals surface area contributed by atoms with Crippen LogP contribution in [-0.4, -0.2) is 54.2 Å². The smallest absolute Gasteiger partial charge is 0.294 e. The fourth-order valence-corrected chi connectivity index (χ4v) is 4.91. The summed E-state index contributed by atoms with van der Waals surface area (Å²) in [7, 11) is -2.54. The molecule has 0 spiro atoms. The first-order valence-corrected chi connectivity index (χ1v) is 12.7. The number of nitrogens with zero attached hydrogens (tertiary/aromatic N) is 3. The lowest BCUT2D eigenvalue weighted by molar-refractivity contribution is -0.127. The van der Waals surface area contributed by atoms with Crippen LogP contribution in [0.2, 0.25) is 0 Å². The zero-order valence-corrected chi connectivity index (χ0v) is 20.4. The number of imide groups is 1. The Morgan fingerprint density at radius 1 is 1.03 bits per heavy atom. The summed E-state index contributed by atoms with van der Waals surface area (Å²) in [6.45, 7) is -0.478. The molecule has 1 fully saturated rings. The van der Waals surface area contributed by atoms with Crippen LogP contribution in [0.5, 0.6) is 5.88 Å². The van der Waals surface area contributed by atoms with E-state index >= 15 is 0 Å². The van der Waals surface area contributed by atoms with Gasteiger partial charge in [0.15, 0.2) is 5.82 Å². The number of amides is 3. The van der Waals surface area contributed by atoms with E-state index < -0.39 is 33.6 Å². The van der Waals surface area contributed by atoms with Gasteiger partial charge in [-0.3, -0.25) is 24.0 Å². The molecule has 1 aromatic heterocycles. The number of hydrogen-bond acceptors (Lipinski definition) is 9. The van der Waals surface area contributed by atoms with Crippen molar-refractivity contribution in [2.75, 3.05) is 23.7 Å². The van der Waals surface area contributed by atoms with E-state index in [9.17, 15) is 22.8 Å². The average molecular weight is 526 g/mol. The number of carbonyl (C=O) groups is 3. The number of nitrogens with one attached hydrogen (secondary N) is 2. The summed E-state index contributed by atoms with van der Waals surface area (Å²) in [4.78, 5) is 38.3. The van der Waals surface area contributed by atoms with Crippen LogP contribution in [0.15, 0.2) is 76.5 Å². The van der Waals surface area contributed by atoms with Gasteiger partial charge >= 0.3 is 0 Å². The summed E-state index contributed by atoms with van der Waals surface area (Å²) in [5.74, 6) is -0.928. The zero-order valence-electron chi connectivity index (χ0n) is 18.7. The van der Waals surface area contributed by atoms with Gasteiger partial charge in [0.1, 0.15) is 6.54 Å². The monoisotopic (exact) mass is 525 g/mol. The molecule has 1 saturated heterocycles. The van der Waals surface area contributed by atoms with Gasteiger partial charge in [0.25, 0.3) is 21.2 Å². The molecule has 0 radical (unpaired) electrons. The van der Waals surface area contributed by atoms with Crippen LogP contribution in [0.25, 0.3) is 6.08 Å². The largest absolute Gasteiger partial charge is 0.480 e. The van der Waals surface area contributed by atoms with Gasteiger partial charge in [-0.2, -0.15) is 0 Å². The lowest BCUT2D eigenvalue weighted by Crippen LogP contribution is -2.36. The lowest BCUT2D eigenvalue weighted by atomic mass is 10.2. The van der Waals surface area contributed by atoms with Gasteiger partial charge in [-0.15, -0.1) is 10.2 Å². The maximum absolute atomic E-state index is 12.6. The fraction of sp³-hybridized carbons (Fsp3) is 0.0870. The van der Waals surface area contributed by atoms with Crippen molar-refractivity contribution in [2.24, 2.45) is 0 Å². The summed E-state index contributed by atoms with van der Waals surface area (Å²) >= 11 is 0.761. The number of benzene rings is 2. The minimum Gasteiger partial charge on any atom is -0.480 e. The number of rotatable bonds is 8. The van der Waals surface area contributed by atoms with Gasteiger partial charge in [-0.1, -0.05) is 30.3 Å². The number of carbonyl (C=O) groups excluding carboxylic acids is 3. The first kappa shape index (κ1) is 24.9. The molecule has 1 aliphatic heterocycles. The molecule has 4 rings (SSSR count). The highest BCUT2D eigenvalue weighted by Crippen LogP contribution is 2.32. The third-order valence-corrected chi connectivity index (χ3v) is 7.09. The normalized spacial score (nSPS) is 14.7. The second-order valence-electron chi connectivity index (χ2n) is 7.32. The Morgan fingerprint density at radius 3 is 2.39 bits per heavy atom. The molecule has 1 aliphatic rings. The molecule has 184 valence electrons. The van der Waals surface area contributed by atoms with Crippen LogP contribution < -0.4 is 14.8 Å². The van der Waals surface area contributed by atoms with Gasteiger partial charge in [-0.05, 0) is 53.7 Å². The molecule has 36 heavy (non-hydrogen) atoms. The second-order valence-corrected chi connectivity index (χ2v) is 9.99. The molecule has 0 atom stereocenters. The highest BCUT2D eigenvalue weighted by Gasteiger charge is 2.36. The number of aromatic nitrogens is 2. The molecular weight excluding hydrogens is 506 g/mol. The van der Waals surface area contributed by atoms with Crippen molar-refractivity contribution in [2.45, 2.75) is 4.90 Å². The lowest BCUT2D eigenvalue weighted by Gasteiger charge is -2.13. The van der Waals surface area contributed by atoms with Crippen molar-refractivity contribution in [1.82, 2.24) is 15.1 Å². The van der Waals surface area contributed by atoms with E-state index in [-0.39, 0.29) is 27.2 Å². The van der Waals surface area contributed by atoms with E-state index in [1.54, 1.807) is 18.2 Å². The molecule has 2 heterocycles. The number of ether oxygens (including phenoxy) is 1. The van der Waals surface area contributed by atoms with Crippen LogP contribution >= 0.6 is 11.8 Å². The van der Waals surface area contributed by atoms with Crippen LogP contribution in [0.1, 0.15) is 5.56 Å². The summed E-state index contributed by atoms with van der Waals surface area (Å²) in [5, 5.41) is 9.42. The van der Waals surface area contributed by atoms with Crippen LogP contribution in [0, 0.1) is 0 Å². The van der Waals surface area contributed by atoms with E-state index in [1.807, 2.05) is 18.2 Å². The van der Waals surface area contributed by atoms with E-state index in [4.69, 9.17) is 4.74 Å². The average Bonchev–Trinajstić information content (AvgIpc) is 3.12. The Morgan fingerprint density at radius 2 is 1.75 bits per heavy atom. The maximum atomic E-state index is 12.6. The van der Waals surface area contributed by atoms with Gasteiger partial charge in [0, 0.05) is 11.8 Å². The fourth-order valence-electron chi connectivity index (χ4n) is 3.08. The molecular formula is C23H19N5O6S2. The van der Waals surface area contributed by atoms with Gasteiger partial charge in [-0.25, -0.2) is 8.42 Å². The predicted octanol–water partition coefficient (Wildman–Crippen LogP) is 2.96. The van der Waals surface area contributed by atoms with Crippen LogP contribution in [-0.2, 0) is 19.6 Å². The highest BCUT2D eigenvalue weighted by molar-refractivity contribution is 8.18. The van der Waals surface area contributed by atoms with Gasteiger partial charge < -0.3 is 10.1 Å². The zero-order chi connectivity index (χ0) is 25.7.